The first-order chi connectivity index (χ1) is 35.7. The maximum atomic E-state index is 4.04. The first-order valence-electron chi connectivity index (χ1n) is 28.1. The monoisotopic (exact) mass is 977 g/mol. The lowest BCUT2D eigenvalue weighted by Crippen LogP contribution is -2.16. The maximum absolute atomic E-state index is 4.04. The third kappa shape index (κ3) is 13.2. The number of allylic oxidation sites excluding steroid dienone is 15. The molecule has 0 fully saturated rings. The van der Waals surface area contributed by atoms with E-state index in [2.05, 4.69) is 228 Å². The Morgan fingerprint density at radius 1 is 0.608 bits per heavy atom. The fourth-order valence-corrected chi connectivity index (χ4v) is 11.0. The van der Waals surface area contributed by atoms with Gasteiger partial charge < -0.3 is 0 Å². The summed E-state index contributed by atoms with van der Waals surface area (Å²) in [5, 5.41) is 2.75. The van der Waals surface area contributed by atoms with Crippen molar-refractivity contribution in [1.29, 1.82) is 0 Å². The van der Waals surface area contributed by atoms with E-state index >= 15 is 0 Å². The maximum Gasteiger partial charge on any atom is 0.0159 e. The van der Waals surface area contributed by atoms with Gasteiger partial charge in [-0.2, -0.15) is 0 Å². The van der Waals surface area contributed by atoms with Crippen LogP contribution in [0.1, 0.15) is 181 Å². The average Bonchev–Trinajstić information content (AvgIpc) is 3.88. The summed E-state index contributed by atoms with van der Waals surface area (Å²) >= 11 is 0. The molecule has 0 aliphatic heterocycles. The van der Waals surface area contributed by atoms with Crippen LogP contribution < -0.4 is 0 Å². The summed E-state index contributed by atoms with van der Waals surface area (Å²) in [6, 6.07) is 42.8. The lowest BCUT2D eigenvalue weighted by atomic mass is 9.78. The van der Waals surface area contributed by atoms with Gasteiger partial charge in [0.05, 0.1) is 0 Å². The molecule has 0 N–H and O–H groups in total. The van der Waals surface area contributed by atoms with Gasteiger partial charge in [0.1, 0.15) is 0 Å². The minimum absolute atomic E-state index is 0.00369. The zero-order valence-electron chi connectivity index (χ0n) is 47.9. The SMILES string of the molecule is C=CC1=C(C)Cc2cc(C(C)C(C)c3ccc4c(c3)C(C)(C)c3cc(C)c5ccccc5c3-4)ccc21.CC.CC.CC1=CCC(C)C=C1.Cc1ccc(C2=CC=CCC2)c(C2=CCCC=C2)c1.Cc1ccccc1. The Morgan fingerprint density at radius 2 is 1.27 bits per heavy atom. The summed E-state index contributed by atoms with van der Waals surface area (Å²) in [6.07, 6.45) is 29.3. The van der Waals surface area contributed by atoms with Crippen LogP contribution in [0.4, 0.5) is 0 Å². The molecule has 0 heterocycles. The van der Waals surface area contributed by atoms with Crippen LogP contribution in [-0.4, -0.2) is 0 Å². The van der Waals surface area contributed by atoms with Crippen LogP contribution in [0.15, 0.2) is 194 Å². The molecule has 0 spiro atoms. The summed E-state index contributed by atoms with van der Waals surface area (Å²) in [4.78, 5) is 0. The Bertz CT molecular complexity index is 3110. The van der Waals surface area contributed by atoms with E-state index in [1.165, 1.54) is 124 Å². The summed E-state index contributed by atoms with van der Waals surface area (Å²) in [5.41, 5.74) is 25.3. The molecule has 0 amide bonds. The number of hydrogen-bond acceptors (Lipinski definition) is 0. The van der Waals surface area contributed by atoms with Crippen molar-refractivity contribution < 1.29 is 0 Å². The molecular weight excluding hydrogens is 889 g/mol. The van der Waals surface area contributed by atoms with Crippen LogP contribution in [0.2, 0.25) is 0 Å². The molecule has 6 aromatic rings. The Labute approximate surface area is 449 Å². The second-order valence-electron chi connectivity index (χ2n) is 21.2. The average molecular weight is 978 g/mol. The summed E-state index contributed by atoms with van der Waals surface area (Å²) < 4.78 is 0. The van der Waals surface area contributed by atoms with Gasteiger partial charge in [0, 0.05) is 5.41 Å². The highest BCUT2D eigenvalue weighted by atomic mass is 14.4. The van der Waals surface area contributed by atoms with Gasteiger partial charge in [0.15, 0.2) is 0 Å². The van der Waals surface area contributed by atoms with Crippen molar-refractivity contribution in [3.05, 3.63) is 255 Å². The van der Waals surface area contributed by atoms with Gasteiger partial charge in [0.25, 0.3) is 0 Å². The van der Waals surface area contributed by atoms with Crippen LogP contribution in [0.3, 0.4) is 0 Å². The minimum atomic E-state index is -0.00369. The van der Waals surface area contributed by atoms with E-state index in [1.807, 2.05) is 52.0 Å². The third-order valence-electron chi connectivity index (χ3n) is 15.5. The zero-order chi connectivity index (χ0) is 53.5. The summed E-state index contributed by atoms with van der Waals surface area (Å²) in [5.74, 6) is 1.63. The highest BCUT2D eigenvalue weighted by Crippen LogP contribution is 2.53. The molecule has 3 atom stereocenters. The van der Waals surface area contributed by atoms with Crippen molar-refractivity contribution in [3.63, 3.8) is 0 Å². The lowest BCUT2D eigenvalue weighted by molar-refractivity contribution is 0.616. The van der Waals surface area contributed by atoms with E-state index in [1.54, 1.807) is 0 Å². The molecule has 0 heteroatoms. The van der Waals surface area contributed by atoms with Gasteiger partial charge in [0.2, 0.25) is 0 Å². The Morgan fingerprint density at radius 3 is 1.86 bits per heavy atom. The molecule has 11 rings (SSSR count). The topological polar surface area (TPSA) is 0 Å². The van der Waals surface area contributed by atoms with Crippen LogP contribution in [0.5, 0.6) is 0 Å². The van der Waals surface area contributed by atoms with Crippen LogP contribution in [0, 0.1) is 26.7 Å². The highest BCUT2D eigenvalue weighted by molar-refractivity contribution is 6.04. The number of aryl methyl sites for hydroxylation is 3. The van der Waals surface area contributed by atoms with E-state index in [0.717, 1.165) is 31.6 Å². The molecule has 0 saturated carbocycles. The van der Waals surface area contributed by atoms with Gasteiger partial charge in [-0.1, -0.05) is 267 Å². The Kier molecular flexibility index (Phi) is 20.4. The van der Waals surface area contributed by atoms with Gasteiger partial charge >= 0.3 is 0 Å². The molecule has 5 aliphatic carbocycles. The lowest BCUT2D eigenvalue weighted by Gasteiger charge is -2.26. The molecule has 384 valence electrons. The van der Waals surface area contributed by atoms with Crippen molar-refractivity contribution in [2.45, 2.75) is 153 Å². The Balaban J connectivity index is 0.000000193. The normalized spacial score (nSPS) is 16.9. The number of benzene rings is 6. The van der Waals surface area contributed by atoms with E-state index in [-0.39, 0.29) is 5.41 Å². The van der Waals surface area contributed by atoms with Gasteiger partial charge in [-0.3, -0.25) is 0 Å². The van der Waals surface area contributed by atoms with Gasteiger partial charge in [-0.25, -0.2) is 0 Å². The van der Waals surface area contributed by atoms with E-state index in [4.69, 9.17) is 0 Å². The second-order valence-corrected chi connectivity index (χ2v) is 21.2. The summed E-state index contributed by atoms with van der Waals surface area (Å²) in [6.45, 7) is 34.7. The number of rotatable bonds is 6. The highest BCUT2D eigenvalue weighted by Gasteiger charge is 2.37. The fraction of sp³-hybridized carbons (Fsp3) is 0.324. The standard InChI is InChI=1S/C36H36.C19H20.C8H12.C7H8.2C2H6/c1-8-28-21(2)17-27-19-25(13-15-30(27)28)23(4)24(5)26-14-16-32-33(20-26)36(6,7)34-18-22(3)29-11-9-10-12-31(29)35(32)34;1-15-12-13-18(16-8-4-2-5-9-16)19(14-15)17-10-6-3-7-11-17;1-7-3-5-8(2)6-4-7;1-7-5-3-2-4-6-7;2*1-2/h8-16,18-20,23-24H,1,17H2,2-7H3;2,4,6,8,10-14H,3,5,7,9H2,1H3;3-5,8H,6H2,1-2H3;2-6H,1H3;2*1-2H3. The molecule has 6 aromatic carbocycles. The molecule has 0 radical (unpaired) electrons. The van der Waals surface area contributed by atoms with Crippen molar-refractivity contribution in [3.8, 4) is 11.1 Å². The molecule has 3 unspecified atom stereocenters. The van der Waals surface area contributed by atoms with Crippen LogP contribution >= 0.6 is 0 Å². The van der Waals surface area contributed by atoms with Crippen molar-refractivity contribution in [1.82, 2.24) is 0 Å². The van der Waals surface area contributed by atoms with Crippen molar-refractivity contribution in [2.24, 2.45) is 5.92 Å². The van der Waals surface area contributed by atoms with E-state index in [0.29, 0.717) is 11.8 Å². The first-order valence-corrected chi connectivity index (χ1v) is 28.1. The second kappa shape index (κ2) is 26.6. The van der Waals surface area contributed by atoms with Gasteiger partial charge in [-0.05, 0) is 180 Å². The molecular formula is C74H88. The van der Waals surface area contributed by atoms with Crippen LogP contribution in [-0.2, 0) is 11.8 Å². The number of fused-ring (bicyclic) bond motifs is 6. The van der Waals surface area contributed by atoms with Crippen molar-refractivity contribution in [2.75, 3.05) is 0 Å². The molecule has 0 nitrogen and oxygen atoms in total. The van der Waals surface area contributed by atoms with Gasteiger partial charge in [-0.15, -0.1) is 0 Å². The molecule has 74 heavy (non-hydrogen) atoms. The zero-order valence-corrected chi connectivity index (χ0v) is 47.9. The molecule has 5 aliphatic rings. The largest absolute Gasteiger partial charge is 0.0984 e. The smallest absolute Gasteiger partial charge is 0.0159 e. The Hall–Kier alpha value is -6.50. The molecule has 0 aromatic heterocycles. The first kappa shape index (κ1) is 56.8. The van der Waals surface area contributed by atoms with E-state index in [9.17, 15) is 0 Å². The summed E-state index contributed by atoms with van der Waals surface area (Å²) in [7, 11) is 0. The quantitative estimate of drug-likeness (QED) is 0.156. The van der Waals surface area contributed by atoms with Crippen molar-refractivity contribution >= 4 is 27.5 Å². The molecule has 0 bridgehead atoms. The van der Waals surface area contributed by atoms with E-state index < -0.39 is 0 Å². The predicted octanol–water partition coefficient (Wildman–Crippen LogP) is 21.9. The molecule has 0 saturated heterocycles. The third-order valence-corrected chi connectivity index (χ3v) is 15.5. The van der Waals surface area contributed by atoms with Crippen LogP contribution in [0.25, 0.3) is 38.6 Å². The predicted molar refractivity (Wildman–Crippen MR) is 330 cm³/mol. The minimum Gasteiger partial charge on any atom is -0.0984 e. The number of hydrogen-bond donors (Lipinski definition) is 0. The fourth-order valence-electron chi connectivity index (χ4n) is 11.0.